The molecule has 3 fully saturated rings. The zero-order valence-corrected chi connectivity index (χ0v) is 19.0. The van der Waals surface area contributed by atoms with Gasteiger partial charge in [0.1, 0.15) is 6.10 Å². The van der Waals surface area contributed by atoms with E-state index in [0.717, 1.165) is 38.6 Å². The first-order chi connectivity index (χ1) is 13.4. The summed E-state index contributed by atoms with van der Waals surface area (Å²) in [5.41, 5.74) is 1.14. The maximum absolute atomic E-state index is 12.5. The van der Waals surface area contributed by atoms with Gasteiger partial charge in [0.2, 0.25) is 0 Å². The van der Waals surface area contributed by atoms with Crippen LogP contribution in [0.3, 0.4) is 0 Å². The summed E-state index contributed by atoms with van der Waals surface area (Å²) in [7, 11) is 2.16. The molecule has 0 bridgehead atoms. The fourth-order valence-corrected chi connectivity index (χ4v) is 7.18. The number of likely N-dealkylation sites (tertiary alicyclic amines) is 1. The summed E-state index contributed by atoms with van der Waals surface area (Å²) >= 11 is 0. The smallest absolute Gasteiger partial charge is 0.407 e. The average Bonchev–Trinajstić information content (AvgIpc) is 2.92. The number of ketones is 1. The molecule has 1 saturated heterocycles. The molecule has 6 atom stereocenters. The number of nitrogens with one attached hydrogen (secondary N) is 1. The molecule has 5 nitrogen and oxygen atoms in total. The first-order valence-electron chi connectivity index (χ1n) is 11.4. The third-order valence-electron chi connectivity index (χ3n) is 8.56. The van der Waals surface area contributed by atoms with Crippen LogP contribution in [0.5, 0.6) is 0 Å². The van der Waals surface area contributed by atoms with Crippen molar-refractivity contribution >= 4 is 11.9 Å². The summed E-state index contributed by atoms with van der Waals surface area (Å²) in [5.74, 6) is 2.08. The van der Waals surface area contributed by atoms with E-state index >= 15 is 0 Å². The monoisotopic (exact) mass is 402 g/mol. The van der Waals surface area contributed by atoms with Crippen molar-refractivity contribution < 1.29 is 14.3 Å². The van der Waals surface area contributed by atoms with E-state index in [1.54, 1.807) is 0 Å². The minimum Gasteiger partial charge on any atom is -0.446 e. The van der Waals surface area contributed by atoms with E-state index in [-0.39, 0.29) is 34.3 Å². The number of carbonyl (C=O) groups excluding carboxylic acids is 2. The van der Waals surface area contributed by atoms with E-state index in [4.69, 9.17) is 4.74 Å². The van der Waals surface area contributed by atoms with Gasteiger partial charge >= 0.3 is 6.09 Å². The number of rotatable bonds is 1. The second kappa shape index (κ2) is 6.75. The van der Waals surface area contributed by atoms with Crippen LogP contribution in [-0.4, -0.2) is 42.0 Å². The molecular formula is C24H38N2O3. The maximum atomic E-state index is 12.5. The molecule has 29 heavy (non-hydrogen) atoms. The molecular weight excluding hydrogens is 364 g/mol. The van der Waals surface area contributed by atoms with Crippen molar-refractivity contribution in [3.63, 3.8) is 0 Å². The van der Waals surface area contributed by atoms with Gasteiger partial charge in [0.15, 0.2) is 5.78 Å². The molecule has 2 saturated carbocycles. The highest BCUT2D eigenvalue weighted by Crippen LogP contribution is 2.64. The lowest BCUT2D eigenvalue weighted by Gasteiger charge is -2.60. The molecule has 0 radical (unpaired) electrons. The quantitative estimate of drug-likeness (QED) is 0.700. The highest BCUT2D eigenvalue weighted by atomic mass is 16.6. The molecule has 0 aromatic rings. The summed E-state index contributed by atoms with van der Waals surface area (Å²) in [5, 5.41) is 2.96. The van der Waals surface area contributed by atoms with Gasteiger partial charge in [-0.1, -0.05) is 13.8 Å². The van der Waals surface area contributed by atoms with Crippen molar-refractivity contribution in [1.29, 1.82) is 0 Å². The van der Waals surface area contributed by atoms with Crippen LogP contribution in [-0.2, 0) is 9.53 Å². The number of nitrogens with zero attached hydrogens (tertiary/aromatic N) is 1. The summed E-state index contributed by atoms with van der Waals surface area (Å²) < 4.78 is 5.99. The Kier molecular flexibility index (Phi) is 4.83. The molecule has 1 aliphatic heterocycles. The number of allylic oxidation sites excluding steroid dienone is 2. The number of fused-ring (bicyclic) bond motifs is 5. The third kappa shape index (κ3) is 3.38. The van der Waals surface area contributed by atoms with Gasteiger partial charge in [0.25, 0.3) is 0 Å². The number of alkyl carbamates (subject to hydrolysis) is 1. The fraction of sp³-hybridized carbons (Fsp3) is 0.833. The van der Waals surface area contributed by atoms with E-state index in [2.05, 4.69) is 31.1 Å². The molecule has 1 unspecified atom stereocenters. The van der Waals surface area contributed by atoms with E-state index in [0.29, 0.717) is 24.2 Å². The Balaban J connectivity index is 1.55. The van der Waals surface area contributed by atoms with E-state index in [1.807, 2.05) is 26.8 Å². The normalized spacial score (nSPS) is 41.8. The van der Waals surface area contributed by atoms with Crippen LogP contribution in [0, 0.1) is 28.6 Å². The van der Waals surface area contributed by atoms with Crippen LogP contribution in [0.4, 0.5) is 4.79 Å². The number of ether oxygens (including phenoxy) is 1. The second-order valence-electron chi connectivity index (χ2n) is 11.6. The lowest BCUT2D eigenvalue weighted by atomic mass is 9.50. The molecule has 5 heteroatoms. The van der Waals surface area contributed by atoms with Gasteiger partial charge in [-0.3, -0.25) is 4.79 Å². The van der Waals surface area contributed by atoms with Crippen molar-refractivity contribution in [2.45, 2.75) is 84.8 Å². The van der Waals surface area contributed by atoms with Gasteiger partial charge in [-0.25, -0.2) is 4.79 Å². The first kappa shape index (κ1) is 20.7. The molecule has 1 heterocycles. The van der Waals surface area contributed by atoms with Gasteiger partial charge in [-0.05, 0) is 70.6 Å². The Morgan fingerprint density at radius 1 is 1.17 bits per heavy atom. The van der Waals surface area contributed by atoms with Gasteiger partial charge in [0.05, 0.1) is 0 Å². The van der Waals surface area contributed by atoms with Gasteiger partial charge < -0.3 is 15.0 Å². The molecule has 0 aromatic carbocycles. The molecule has 1 N–H and O–H groups in total. The van der Waals surface area contributed by atoms with Crippen LogP contribution in [0.2, 0.25) is 0 Å². The fourth-order valence-electron chi connectivity index (χ4n) is 7.18. The zero-order valence-electron chi connectivity index (χ0n) is 19.0. The van der Waals surface area contributed by atoms with Crippen LogP contribution in [0.15, 0.2) is 11.8 Å². The van der Waals surface area contributed by atoms with E-state index in [1.165, 1.54) is 5.70 Å². The Labute approximate surface area is 175 Å². The minimum atomic E-state index is -0.282. The molecule has 0 spiro atoms. The van der Waals surface area contributed by atoms with Crippen molar-refractivity contribution in [3.05, 3.63) is 11.8 Å². The average molecular weight is 403 g/mol. The van der Waals surface area contributed by atoms with Crippen molar-refractivity contribution in [1.82, 2.24) is 10.2 Å². The van der Waals surface area contributed by atoms with Crippen LogP contribution < -0.4 is 5.32 Å². The lowest BCUT2D eigenvalue weighted by molar-refractivity contribution is -0.120. The van der Waals surface area contributed by atoms with Crippen molar-refractivity contribution in [3.8, 4) is 0 Å². The Hall–Kier alpha value is -1.52. The molecule has 0 aromatic heterocycles. The van der Waals surface area contributed by atoms with Crippen LogP contribution in [0.1, 0.15) is 73.1 Å². The van der Waals surface area contributed by atoms with Gasteiger partial charge in [0, 0.05) is 48.2 Å². The third-order valence-corrected chi connectivity index (χ3v) is 8.56. The number of amides is 1. The molecule has 4 aliphatic rings. The molecule has 4 rings (SSSR count). The maximum Gasteiger partial charge on any atom is 0.407 e. The Morgan fingerprint density at radius 3 is 2.59 bits per heavy atom. The van der Waals surface area contributed by atoms with E-state index in [9.17, 15) is 9.59 Å². The summed E-state index contributed by atoms with van der Waals surface area (Å²) in [6.45, 7) is 11.7. The van der Waals surface area contributed by atoms with Crippen molar-refractivity contribution in [2.24, 2.45) is 28.6 Å². The van der Waals surface area contributed by atoms with Crippen molar-refractivity contribution in [2.75, 3.05) is 13.6 Å². The topological polar surface area (TPSA) is 58.6 Å². The second-order valence-corrected chi connectivity index (χ2v) is 11.6. The number of hydrogen-bond donors (Lipinski definition) is 1. The lowest BCUT2D eigenvalue weighted by Crippen LogP contribution is -2.57. The predicted octanol–water partition coefficient (Wildman–Crippen LogP) is 4.52. The highest BCUT2D eigenvalue weighted by molar-refractivity contribution is 5.91. The largest absolute Gasteiger partial charge is 0.446 e. The van der Waals surface area contributed by atoms with Crippen LogP contribution >= 0.6 is 0 Å². The number of carbonyl (C=O) groups is 2. The summed E-state index contributed by atoms with van der Waals surface area (Å²) in [6.07, 6.45) is 7.65. The molecule has 3 aliphatic carbocycles. The highest BCUT2D eigenvalue weighted by Gasteiger charge is 2.61. The SMILES string of the molecule is CN1C[C@@H]2[C@H](CC[C@]3(C)C(OC(=O)NC(C)(C)C)CC[C@@H]23)[C@@]2(C)CCC(=O)C=C12. The predicted molar refractivity (Wildman–Crippen MR) is 113 cm³/mol. The zero-order chi connectivity index (χ0) is 21.2. The van der Waals surface area contributed by atoms with Crippen LogP contribution in [0.25, 0.3) is 0 Å². The standard InChI is InChI=1S/C24H38N2O3/c1-22(2,3)25-21(28)29-20-8-7-17-16-14-26(6)19-13-15(27)9-11-23(19,4)18(16)10-12-24(17,20)5/h13,16-18,20H,7-12,14H2,1-6H3,(H,25,28)/t16-,17-,18-,20?,23+,24-/m0/s1. The molecule has 1 amide bonds. The minimum absolute atomic E-state index is 0.00113. The van der Waals surface area contributed by atoms with Gasteiger partial charge in [-0.2, -0.15) is 0 Å². The summed E-state index contributed by atoms with van der Waals surface area (Å²) in [6, 6.07) is 0. The Morgan fingerprint density at radius 2 is 1.90 bits per heavy atom. The number of piperidine rings is 1. The summed E-state index contributed by atoms with van der Waals surface area (Å²) in [4.78, 5) is 26.9. The Bertz CT molecular complexity index is 739. The van der Waals surface area contributed by atoms with E-state index < -0.39 is 0 Å². The first-order valence-corrected chi connectivity index (χ1v) is 11.4. The molecule has 162 valence electrons. The number of hydrogen-bond acceptors (Lipinski definition) is 4. The van der Waals surface area contributed by atoms with Gasteiger partial charge in [-0.15, -0.1) is 0 Å².